The Balaban J connectivity index is 1.69. The molecule has 0 aromatic heterocycles. The van der Waals surface area contributed by atoms with Gasteiger partial charge >= 0.3 is 0 Å². The van der Waals surface area contributed by atoms with Gasteiger partial charge in [-0.25, -0.2) is 8.42 Å². The number of halogens is 1. The number of carbonyl (C=O) groups is 2. The van der Waals surface area contributed by atoms with Crippen LogP contribution in [-0.4, -0.2) is 50.9 Å². The lowest BCUT2D eigenvalue weighted by Crippen LogP contribution is -2.54. The quantitative estimate of drug-likeness (QED) is 0.279. The molecule has 8 nitrogen and oxygen atoms in total. The summed E-state index contributed by atoms with van der Waals surface area (Å²) in [5.74, 6) is -0.104. The minimum absolute atomic E-state index is 0.00461. The van der Waals surface area contributed by atoms with E-state index in [0.29, 0.717) is 22.9 Å². The number of sulfonamides is 1. The Morgan fingerprint density at radius 2 is 1.67 bits per heavy atom. The van der Waals surface area contributed by atoms with Crippen molar-refractivity contribution >= 4 is 39.1 Å². The fraction of sp³-hybridized carbons (Fsp3) is 0.375. The third-order valence-electron chi connectivity index (χ3n) is 7.55. The normalized spacial score (nSPS) is 14.5. The predicted molar refractivity (Wildman–Crippen MR) is 165 cm³/mol. The van der Waals surface area contributed by atoms with Gasteiger partial charge < -0.3 is 15.0 Å². The Labute approximate surface area is 253 Å². The summed E-state index contributed by atoms with van der Waals surface area (Å²) in [6.07, 6.45) is 5.46. The van der Waals surface area contributed by atoms with E-state index in [1.54, 1.807) is 43.5 Å². The van der Waals surface area contributed by atoms with E-state index in [2.05, 4.69) is 5.32 Å². The molecule has 0 heterocycles. The third kappa shape index (κ3) is 7.83. The van der Waals surface area contributed by atoms with Crippen molar-refractivity contribution in [1.82, 2.24) is 10.2 Å². The summed E-state index contributed by atoms with van der Waals surface area (Å²) >= 11 is 6.02. The molecular weight excluding hydrogens is 574 g/mol. The van der Waals surface area contributed by atoms with Gasteiger partial charge in [0.25, 0.3) is 10.0 Å². The molecule has 1 aliphatic rings. The largest absolute Gasteiger partial charge is 0.497 e. The number of ether oxygens (including phenoxy) is 1. The Morgan fingerprint density at radius 3 is 2.31 bits per heavy atom. The van der Waals surface area contributed by atoms with Gasteiger partial charge in [0.05, 0.1) is 17.7 Å². The van der Waals surface area contributed by atoms with Gasteiger partial charge in [-0.3, -0.25) is 13.9 Å². The van der Waals surface area contributed by atoms with Gasteiger partial charge in [0, 0.05) is 17.6 Å². The second-order valence-corrected chi connectivity index (χ2v) is 12.7. The van der Waals surface area contributed by atoms with Crippen molar-refractivity contribution in [1.29, 1.82) is 0 Å². The summed E-state index contributed by atoms with van der Waals surface area (Å²) in [4.78, 5) is 29.3. The number of carbonyl (C=O) groups excluding carboxylic acids is 2. The molecule has 1 aliphatic carbocycles. The van der Waals surface area contributed by atoms with E-state index in [4.69, 9.17) is 16.3 Å². The molecule has 2 amide bonds. The van der Waals surface area contributed by atoms with Crippen LogP contribution in [0.15, 0.2) is 83.8 Å². The van der Waals surface area contributed by atoms with E-state index in [1.807, 2.05) is 25.1 Å². The van der Waals surface area contributed by atoms with Crippen LogP contribution in [0, 0.1) is 0 Å². The van der Waals surface area contributed by atoms with Crippen molar-refractivity contribution in [3.63, 3.8) is 0 Å². The molecule has 1 fully saturated rings. The zero-order valence-corrected chi connectivity index (χ0v) is 25.6. The summed E-state index contributed by atoms with van der Waals surface area (Å²) in [5.41, 5.74) is 1.10. The molecule has 4 rings (SSSR count). The highest BCUT2D eigenvalue weighted by Gasteiger charge is 2.34. The smallest absolute Gasteiger partial charge is 0.264 e. The lowest BCUT2D eigenvalue weighted by molar-refractivity contribution is -0.140. The Kier molecular flexibility index (Phi) is 10.9. The monoisotopic (exact) mass is 611 g/mol. The van der Waals surface area contributed by atoms with Crippen molar-refractivity contribution in [2.75, 3.05) is 18.0 Å². The van der Waals surface area contributed by atoms with Gasteiger partial charge in [-0.2, -0.15) is 0 Å². The minimum atomic E-state index is -4.15. The average molecular weight is 612 g/mol. The Bertz CT molecular complexity index is 1440. The van der Waals surface area contributed by atoms with Crippen LogP contribution in [0.4, 0.5) is 5.69 Å². The molecule has 3 aromatic carbocycles. The molecule has 0 aliphatic heterocycles. The van der Waals surface area contributed by atoms with E-state index in [0.717, 1.165) is 42.0 Å². The number of anilines is 1. The molecule has 0 spiro atoms. The first-order valence-corrected chi connectivity index (χ1v) is 16.1. The highest BCUT2D eigenvalue weighted by molar-refractivity contribution is 7.92. The maximum atomic E-state index is 14.2. The number of benzene rings is 3. The highest BCUT2D eigenvalue weighted by Crippen LogP contribution is 2.26. The number of nitrogens with zero attached hydrogens (tertiary/aromatic N) is 2. The molecule has 3 aromatic rings. The summed E-state index contributed by atoms with van der Waals surface area (Å²) in [6.45, 7) is 1.47. The van der Waals surface area contributed by atoms with Crippen LogP contribution < -0.4 is 14.4 Å². The molecule has 1 atom stereocenters. The van der Waals surface area contributed by atoms with Crippen LogP contribution in [0.1, 0.15) is 51.0 Å². The maximum absolute atomic E-state index is 14.2. The summed E-state index contributed by atoms with van der Waals surface area (Å²) in [6, 6.07) is 20.9. The third-order valence-corrected chi connectivity index (χ3v) is 9.59. The zero-order valence-electron chi connectivity index (χ0n) is 24.0. The van der Waals surface area contributed by atoms with Crippen LogP contribution in [0.25, 0.3) is 0 Å². The van der Waals surface area contributed by atoms with Crippen molar-refractivity contribution in [2.45, 2.75) is 69.0 Å². The van der Waals surface area contributed by atoms with E-state index >= 15 is 0 Å². The van der Waals surface area contributed by atoms with Crippen molar-refractivity contribution in [2.24, 2.45) is 0 Å². The van der Waals surface area contributed by atoms with Gasteiger partial charge in [-0.1, -0.05) is 68.1 Å². The minimum Gasteiger partial charge on any atom is -0.497 e. The second-order valence-electron chi connectivity index (χ2n) is 10.4. The van der Waals surface area contributed by atoms with Gasteiger partial charge in [0.15, 0.2) is 0 Å². The van der Waals surface area contributed by atoms with Crippen LogP contribution in [-0.2, 0) is 26.2 Å². The number of para-hydroxylation sites is 1. The molecule has 224 valence electrons. The molecule has 1 N–H and O–H groups in total. The lowest BCUT2D eigenvalue weighted by Gasteiger charge is -2.34. The molecule has 0 bridgehead atoms. The first kappa shape index (κ1) is 31.4. The number of hydrogen-bond donors (Lipinski definition) is 1. The van der Waals surface area contributed by atoms with Crippen LogP contribution in [0.3, 0.4) is 0 Å². The van der Waals surface area contributed by atoms with Crippen molar-refractivity contribution in [3.8, 4) is 5.75 Å². The predicted octanol–water partition coefficient (Wildman–Crippen LogP) is 5.80. The maximum Gasteiger partial charge on any atom is 0.264 e. The molecule has 0 saturated heterocycles. The van der Waals surface area contributed by atoms with E-state index in [9.17, 15) is 18.0 Å². The first-order chi connectivity index (χ1) is 20.2. The summed E-state index contributed by atoms with van der Waals surface area (Å²) in [7, 11) is -2.59. The topological polar surface area (TPSA) is 96.0 Å². The summed E-state index contributed by atoms with van der Waals surface area (Å²) in [5, 5.41) is 3.56. The van der Waals surface area contributed by atoms with Gasteiger partial charge in [-0.15, -0.1) is 0 Å². The van der Waals surface area contributed by atoms with Crippen LogP contribution >= 0.6 is 11.6 Å². The number of nitrogens with one attached hydrogen (secondary N) is 1. The van der Waals surface area contributed by atoms with Gasteiger partial charge in [-0.05, 0) is 73.4 Å². The fourth-order valence-electron chi connectivity index (χ4n) is 5.29. The zero-order chi connectivity index (χ0) is 30.1. The van der Waals surface area contributed by atoms with E-state index < -0.39 is 28.5 Å². The van der Waals surface area contributed by atoms with E-state index in [-0.39, 0.29) is 23.4 Å². The van der Waals surface area contributed by atoms with Crippen LogP contribution in [0.5, 0.6) is 5.75 Å². The van der Waals surface area contributed by atoms with E-state index in [1.165, 1.54) is 29.2 Å². The number of methoxy groups -OCH3 is 1. The molecular formula is C32H38ClN3O5S. The highest BCUT2D eigenvalue weighted by atomic mass is 35.5. The Morgan fingerprint density at radius 1 is 0.976 bits per heavy atom. The molecule has 0 radical (unpaired) electrons. The Hall–Kier alpha value is -3.56. The SMILES string of the molecule is CC[C@@H](C(=O)NC1CCCCC1)N(Cc1cccc(OC)c1)C(=O)CN(c1ccccc1)S(=O)(=O)c1ccc(Cl)cc1. The second kappa shape index (κ2) is 14.6. The molecule has 42 heavy (non-hydrogen) atoms. The molecule has 10 heteroatoms. The fourth-order valence-corrected chi connectivity index (χ4v) is 6.83. The number of hydrogen-bond acceptors (Lipinski definition) is 5. The first-order valence-electron chi connectivity index (χ1n) is 14.3. The average Bonchev–Trinajstić information content (AvgIpc) is 3.00. The van der Waals surface area contributed by atoms with Crippen molar-refractivity contribution < 1.29 is 22.7 Å². The summed E-state index contributed by atoms with van der Waals surface area (Å²) < 4.78 is 34.3. The van der Waals surface area contributed by atoms with Crippen LogP contribution in [0.2, 0.25) is 5.02 Å². The molecule has 1 saturated carbocycles. The standard InChI is InChI=1S/C32H38ClN3O5S/c1-3-30(32(38)34-26-12-6-4-7-13-26)35(22-24-11-10-16-28(21-24)41-2)31(37)23-36(27-14-8-5-9-15-27)42(39,40)29-19-17-25(33)18-20-29/h5,8-11,14-21,26,30H,3-4,6-7,12-13,22-23H2,1-2H3,(H,34,38)/t30-/m0/s1. The number of rotatable bonds is 12. The lowest BCUT2D eigenvalue weighted by atomic mass is 9.95. The van der Waals surface area contributed by atoms with Crippen molar-refractivity contribution in [3.05, 3.63) is 89.4 Å². The molecule has 0 unspecified atom stereocenters. The van der Waals surface area contributed by atoms with Gasteiger partial charge in [0.1, 0.15) is 18.3 Å². The van der Waals surface area contributed by atoms with Gasteiger partial charge in [0.2, 0.25) is 11.8 Å². The number of amides is 2.